The fourth-order valence-corrected chi connectivity index (χ4v) is 2.37. The van der Waals surface area contributed by atoms with E-state index in [1.165, 1.54) is 0 Å². The van der Waals surface area contributed by atoms with Gasteiger partial charge in [-0.25, -0.2) is 0 Å². The molecule has 0 N–H and O–H groups in total. The predicted octanol–water partition coefficient (Wildman–Crippen LogP) is 3.25. The summed E-state index contributed by atoms with van der Waals surface area (Å²) in [4.78, 5) is 0. The molecule has 0 aliphatic carbocycles. The Kier molecular flexibility index (Phi) is 4.88. The van der Waals surface area contributed by atoms with Crippen molar-refractivity contribution in [3.8, 4) is 6.07 Å². The fourth-order valence-electron chi connectivity index (χ4n) is 1.48. The van der Waals surface area contributed by atoms with E-state index in [-0.39, 0.29) is 0 Å². The highest BCUT2D eigenvalue weighted by Gasteiger charge is 2.21. The van der Waals surface area contributed by atoms with Gasteiger partial charge in [0.1, 0.15) is 0 Å². The molecule has 4 heteroatoms. The Morgan fingerprint density at radius 1 is 1.24 bits per heavy atom. The zero-order valence-electron chi connectivity index (χ0n) is 10.9. The first-order valence-corrected chi connectivity index (χ1v) is 9.02. The summed E-state index contributed by atoms with van der Waals surface area (Å²) in [5.74, 6) is 0. The quantitative estimate of drug-likeness (QED) is 0.752. The molecule has 0 radical (unpaired) electrons. The average molecular weight is 249 g/mol. The summed E-state index contributed by atoms with van der Waals surface area (Å²) in [6, 6.07) is 10.0. The summed E-state index contributed by atoms with van der Waals surface area (Å²) in [7, 11) is -0.0331. The van der Waals surface area contributed by atoms with E-state index in [0.29, 0.717) is 6.61 Å². The van der Waals surface area contributed by atoms with Crippen LogP contribution in [-0.2, 0) is 15.8 Å². The average Bonchev–Trinajstić information content (AvgIpc) is 2.26. The summed E-state index contributed by atoms with van der Waals surface area (Å²) in [5.41, 5.74) is 2.01. The normalized spacial score (nSPS) is 13.1. The summed E-state index contributed by atoms with van der Waals surface area (Å²) in [6.45, 7) is 6.83. The second-order valence-electron chi connectivity index (χ2n) is 4.91. The van der Waals surface area contributed by atoms with Gasteiger partial charge in [-0.3, -0.25) is 0 Å². The Bertz CT molecular complexity index is 389. The minimum atomic E-state index is -1.70. The molecule has 1 unspecified atom stereocenters. The Morgan fingerprint density at radius 3 is 2.24 bits per heavy atom. The van der Waals surface area contributed by atoms with Crippen LogP contribution in [0.15, 0.2) is 24.3 Å². The van der Waals surface area contributed by atoms with Crippen LogP contribution in [0, 0.1) is 11.3 Å². The first-order chi connectivity index (χ1) is 7.96. The Labute approximate surface area is 104 Å². The molecule has 0 bridgehead atoms. The van der Waals surface area contributed by atoms with Crippen molar-refractivity contribution in [3.05, 3.63) is 35.4 Å². The van der Waals surface area contributed by atoms with Crippen LogP contribution >= 0.6 is 0 Å². The smallest absolute Gasteiger partial charge is 0.186 e. The van der Waals surface area contributed by atoms with E-state index in [4.69, 9.17) is 14.4 Å². The van der Waals surface area contributed by atoms with Crippen LogP contribution in [0.1, 0.15) is 17.2 Å². The second-order valence-corrected chi connectivity index (χ2v) is 9.37. The number of nitriles is 1. The van der Waals surface area contributed by atoms with Gasteiger partial charge < -0.3 is 9.16 Å². The van der Waals surface area contributed by atoms with Crippen molar-refractivity contribution in [2.24, 2.45) is 0 Å². The molecule has 1 aromatic rings. The largest absolute Gasteiger partial charge is 0.399 e. The minimum absolute atomic E-state index is 0.460. The molecule has 1 rings (SSSR count). The topological polar surface area (TPSA) is 42.2 Å². The minimum Gasteiger partial charge on any atom is -0.399 e. The van der Waals surface area contributed by atoms with Gasteiger partial charge >= 0.3 is 0 Å². The maximum Gasteiger partial charge on any atom is 0.186 e. The van der Waals surface area contributed by atoms with Crippen molar-refractivity contribution < 1.29 is 9.16 Å². The molecule has 0 heterocycles. The van der Waals surface area contributed by atoms with Crippen molar-refractivity contribution in [3.63, 3.8) is 0 Å². The third kappa shape index (κ3) is 4.69. The van der Waals surface area contributed by atoms with Crippen molar-refractivity contribution in [2.75, 3.05) is 7.11 Å². The molecule has 0 saturated carbocycles. The van der Waals surface area contributed by atoms with Gasteiger partial charge in [-0.1, -0.05) is 24.3 Å². The lowest BCUT2D eigenvalue weighted by Gasteiger charge is -2.21. The standard InChI is InChI=1S/C13H19NO2Si/c1-15-10-11-5-7-12(8-6-11)13(9-14)16-17(2,3)4/h5-8,13H,10H2,1-4H3. The predicted molar refractivity (Wildman–Crippen MR) is 69.9 cm³/mol. The number of nitrogens with zero attached hydrogens (tertiary/aromatic N) is 1. The lowest BCUT2D eigenvalue weighted by Crippen LogP contribution is -2.27. The molecule has 0 saturated heterocycles. The van der Waals surface area contributed by atoms with Gasteiger partial charge in [0.25, 0.3) is 0 Å². The van der Waals surface area contributed by atoms with Crippen LogP contribution in [0.5, 0.6) is 0 Å². The van der Waals surface area contributed by atoms with Crippen LogP contribution in [0.2, 0.25) is 19.6 Å². The first kappa shape index (κ1) is 13.9. The maximum atomic E-state index is 9.14. The van der Waals surface area contributed by atoms with E-state index >= 15 is 0 Å². The van der Waals surface area contributed by atoms with Crippen LogP contribution in [0.4, 0.5) is 0 Å². The number of methoxy groups -OCH3 is 1. The van der Waals surface area contributed by atoms with Gasteiger partial charge in [0.15, 0.2) is 14.4 Å². The number of benzene rings is 1. The van der Waals surface area contributed by atoms with Gasteiger partial charge in [-0.05, 0) is 30.8 Å². The molecule has 17 heavy (non-hydrogen) atoms. The van der Waals surface area contributed by atoms with Crippen molar-refractivity contribution in [2.45, 2.75) is 32.4 Å². The lowest BCUT2D eigenvalue weighted by molar-refractivity contribution is 0.185. The molecule has 0 amide bonds. The van der Waals surface area contributed by atoms with Crippen LogP contribution in [-0.4, -0.2) is 15.4 Å². The number of hydrogen-bond donors (Lipinski definition) is 0. The molecule has 0 aromatic heterocycles. The first-order valence-electron chi connectivity index (χ1n) is 5.61. The zero-order valence-corrected chi connectivity index (χ0v) is 11.9. The van der Waals surface area contributed by atoms with Gasteiger partial charge in [0.05, 0.1) is 12.7 Å². The van der Waals surface area contributed by atoms with E-state index in [2.05, 4.69) is 25.7 Å². The highest BCUT2D eigenvalue weighted by Crippen LogP contribution is 2.22. The highest BCUT2D eigenvalue weighted by molar-refractivity contribution is 6.69. The molecular weight excluding hydrogens is 230 g/mol. The number of hydrogen-bond acceptors (Lipinski definition) is 3. The molecule has 0 aliphatic rings. The van der Waals surface area contributed by atoms with Crippen molar-refractivity contribution in [1.82, 2.24) is 0 Å². The van der Waals surface area contributed by atoms with Gasteiger partial charge in [0, 0.05) is 7.11 Å². The molecule has 1 aromatic carbocycles. The maximum absolute atomic E-state index is 9.14. The van der Waals surface area contributed by atoms with Crippen molar-refractivity contribution in [1.29, 1.82) is 5.26 Å². The summed E-state index contributed by atoms with van der Waals surface area (Å²) in [5, 5.41) is 9.14. The SMILES string of the molecule is COCc1ccc(C(C#N)O[Si](C)(C)C)cc1. The molecular formula is C13H19NO2Si. The number of rotatable bonds is 5. The molecule has 0 fully saturated rings. The van der Waals surface area contributed by atoms with Crippen molar-refractivity contribution >= 4 is 8.32 Å². The Balaban J connectivity index is 2.80. The second kappa shape index (κ2) is 5.96. The van der Waals surface area contributed by atoms with E-state index in [9.17, 15) is 0 Å². The van der Waals surface area contributed by atoms with E-state index in [1.807, 2.05) is 24.3 Å². The van der Waals surface area contributed by atoms with E-state index in [0.717, 1.165) is 11.1 Å². The number of ether oxygens (including phenoxy) is 1. The lowest BCUT2D eigenvalue weighted by atomic mass is 10.1. The third-order valence-electron chi connectivity index (χ3n) is 2.18. The highest BCUT2D eigenvalue weighted by atomic mass is 28.4. The molecule has 0 spiro atoms. The van der Waals surface area contributed by atoms with Gasteiger partial charge in [0.2, 0.25) is 0 Å². The summed E-state index contributed by atoms with van der Waals surface area (Å²) >= 11 is 0. The van der Waals surface area contributed by atoms with Crippen LogP contribution in [0.25, 0.3) is 0 Å². The summed E-state index contributed by atoms with van der Waals surface area (Å²) < 4.78 is 10.9. The monoisotopic (exact) mass is 249 g/mol. The van der Waals surface area contributed by atoms with Gasteiger partial charge in [-0.2, -0.15) is 5.26 Å². The molecule has 0 aliphatic heterocycles. The van der Waals surface area contributed by atoms with Crippen LogP contribution in [0.3, 0.4) is 0 Å². The van der Waals surface area contributed by atoms with Crippen LogP contribution < -0.4 is 0 Å². The Morgan fingerprint density at radius 2 is 1.82 bits per heavy atom. The summed E-state index contributed by atoms with van der Waals surface area (Å²) in [6.07, 6.45) is -0.460. The molecule has 1 atom stereocenters. The van der Waals surface area contributed by atoms with E-state index in [1.54, 1.807) is 7.11 Å². The molecule has 92 valence electrons. The zero-order chi connectivity index (χ0) is 12.9. The Hall–Kier alpha value is -1.15. The van der Waals surface area contributed by atoms with Gasteiger partial charge in [-0.15, -0.1) is 0 Å². The third-order valence-corrected chi connectivity index (χ3v) is 3.12. The molecule has 3 nitrogen and oxygen atoms in total. The van der Waals surface area contributed by atoms with E-state index < -0.39 is 14.4 Å². The fraction of sp³-hybridized carbons (Fsp3) is 0.462.